The van der Waals surface area contributed by atoms with Crippen molar-refractivity contribution in [3.63, 3.8) is 0 Å². The van der Waals surface area contributed by atoms with Gasteiger partial charge in [-0.15, -0.1) is 11.3 Å². The lowest BCUT2D eigenvalue weighted by Crippen LogP contribution is -2.34. The van der Waals surface area contributed by atoms with E-state index in [9.17, 15) is 5.26 Å². The lowest BCUT2D eigenvalue weighted by Gasteiger charge is -2.37. The van der Waals surface area contributed by atoms with Crippen LogP contribution in [0.1, 0.15) is 34.5 Å². The van der Waals surface area contributed by atoms with Crippen molar-refractivity contribution in [1.29, 1.82) is 5.26 Å². The van der Waals surface area contributed by atoms with Gasteiger partial charge in [0.1, 0.15) is 11.1 Å². The first kappa shape index (κ1) is 15.6. The van der Waals surface area contributed by atoms with E-state index in [1.807, 2.05) is 24.3 Å². The van der Waals surface area contributed by atoms with Crippen molar-refractivity contribution in [3.8, 4) is 6.07 Å². The van der Waals surface area contributed by atoms with Crippen molar-refractivity contribution in [2.75, 3.05) is 18.0 Å². The van der Waals surface area contributed by atoms with Gasteiger partial charge in [-0.3, -0.25) is 0 Å². The molecule has 0 atom stereocenters. The molecule has 2 aliphatic heterocycles. The molecule has 0 saturated carbocycles. The number of nitrogens with zero attached hydrogens (tertiary/aromatic N) is 3. The number of rotatable bonds is 2. The van der Waals surface area contributed by atoms with Crippen LogP contribution in [0.3, 0.4) is 0 Å². The minimum absolute atomic E-state index is 0.654. The van der Waals surface area contributed by atoms with Gasteiger partial charge in [0.15, 0.2) is 0 Å². The topological polar surface area (TPSA) is 39.9 Å². The van der Waals surface area contributed by atoms with Gasteiger partial charge in [0, 0.05) is 18.8 Å². The average molecular weight is 357 g/mol. The molecule has 4 heteroatoms. The number of thiazole rings is 1. The van der Waals surface area contributed by atoms with Gasteiger partial charge in [-0.05, 0) is 72.7 Å². The smallest absolute Gasteiger partial charge is 0.135 e. The summed E-state index contributed by atoms with van der Waals surface area (Å²) in [7, 11) is 0. The number of aromatic nitrogens is 1. The summed E-state index contributed by atoms with van der Waals surface area (Å²) >= 11 is 1.59. The molecule has 0 spiro atoms. The number of aryl methyl sites for hydroxylation is 2. The average Bonchev–Trinajstić information content (AvgIpc) is 3.10. The van der Waals surface area contributed by atoms with Gasteiger partial charge < -0.3 is 4.90 Å². The monoisotopic (exact) mass is 357 g/mol. The summed E-state index contributed by atoms with van der Waals surface area (Å²) in [5, 5.41) is 10.5. The van der Waals surface area contributed by atoms with Crippen LogP contribution in [-0.2, 0) is 12.8 Å². The zero-order valence-electron chi connectivity index (χ0n) is 14.5. The van der Waals surface area contributed by atoms with Crippen LogP contribution in [0.2, 0.25) is 0 Å². The third-order valence-corrected chi connectivity index (χ3v) is 6.38. The number of nitriles is 1. The zero-order valence-corrected chi connectivity index (χ0v) is 15.4. The molecule has 0 aliphatic carbocycles. The van der Waals surface area contributed by atoms with Crippen LogP contribution in [0.5, 0.6) is 0 Å². The largest absolute Gasteiger partial charge is 0.371 e. The van der Waals surface area contributed by atoms with E-state index in [2.05, 4.69) is 34.2 Å². The maximum atomic E-state index is 9.72. The maximum absolute atomic E-state index is 9.72. The summed E-state index contributed by atoms with van der Waals surface area (Å²) in [6.45, 7) is 2.37. The molecular weight excluding hydrogens is 338 g/mol. The normalized spacial score (nSPS) is 16.4. The van der Waals surface area contributed by atoms with E-state index in [1.54, 1.807) is 11.3 Å². The lowest BCUT2D eigenvalue weighted by atomic mass is 9.90. The Kier molecular flexibility index (Phi) is 3.76. The highest BCUT2D eigenvalue weighted by Gasteiger charge is 2.24. The lowest BCUT2D eigenvalue weighted by molar-refractivity contribution is 0.634. The number of fused-ring (bicyclic) bond motifs is 1. The molecule has 0 saturated heterocycles. The Bertz CT molecular complexity index is 1010. The van der Waals surface area contributed by atoms with Crippen molar-refractivity contribution in [2.24, 2.45) is 0 Å². The van der Waals surface area contributed by atoms with Crippen molar-refractivity contribution < 1.29 is 0 Å². The highest BCUT2D eigenvalue weighted by Crippen LogP contribution is 2.37. The maximum Gasteiger partial charge on any atom is 0.135 e. The first-order chi connectivity index (χ1) is 12.8. The second-order valence-corrected chi connectivity index (χ2v) is 8.07. The molecule has 0 fully saturated rings. The molecule has 0 radical (unpaired) electrons. The second-order valence-electron chi connectivity index (χ2n) is 7.04. The molecule has 0 unspecified atom stereocenters. The predicted molar refractivity (Wildman–Crippen MR) is 108 cm³/mol. The summed E-state index contributed by atoms with van der Waals surface area (Å²) in [6, 6.07) is 15.0. The van der Waals surface area contributed by atoms with Gasteiger partial charge >= 0.3 is 0 Å². The molecule has 5 rings (SSSR count). The third-order valence-electron chi connectivity index (χ3n) is 5.31. The Morgan fingerprint density at radius 3 is 2.54 bits per heavy atom. The van der Waals surface area contributed by atoms with E-state index in [1.165, 1.54) is 42.7 Å². The van der Waals surface area contributed by atoms with Crippen LogP contribution < -0.4 is 4.90 Å². The molecule has 0 bridgehead atoms. The van der Waals surface area contributed by atoms with Gasteiger partial charge in [-0.25, -0.2) is 4.98 Å². The number of allylic oxidation sites excluding steroid dienone is 1. The number of para-hydroxylation sites is 1. The highest BCUT2D eigenvalue weighted by molar-refractivity contribution is 7.19. The molecule has 2 aliphatic rings. The summed E-state index contributed by atoms with van der Waals surface area (Å²) in [5.74, 6) is 0. The standard InChI is InChI=1S/C22H19N3S/c23-14-18(22-24-19-7-1-2-8-20(19)26-22)13-15-11-16-5-3-9-25-10-4-6-17(12-15)21(16)25/h1-2,7-8,11-13H,3-6,9-10H2/b18-13+. The molecule has 3 nitrogen and oxygen atoms in total. The van der Waals surface area contributed by atoms with E-state index in [-0.39, 0.29) is 0 Å². The second kappa shape index (κ2) is 6.26. The Hall–Kier alpha value is -2.64. The van der Waals surface area contributed by atoms with E-state index in [0.29, 0.717) is 5.57 Å². The number of hydrogen-bond donors (Lipinski definition) is 0. The van der Waals surface area contributed by atoms with E-state index in [0.717, 1.165) is 33.6 Å². The Morgan fingerprint density at radius 2 is 1.85 bits per heavy atom. The molecule has 3 heterocycles. The van der Waals surface area contributed by atoms with E-state index < -0.39 is 0 Å². The first-order valence-electron chi connectivity index (χ1n) is 9.20. The molecule has 0 N–H and O–H groups in total. The van der Waals surface area contributed by atoms with Crippen LogP contribution in [0.15, 0.2) is 36.4 Å². The molecular formula is C22H19N3S. The molecule has 1 aromatic heterocycles. The number of hydrogen-bond acceptors (Lipinski definition) is 4. The van der Waals surface area contributed by atoms with E-state index >= 15 is 0 Å². The van der Waals surface area contributed by atoms with Crippen LogP contribution in [0.4, 0.5) is 5.69 Å². The van der Waals surface area contributed by atoms with Gasteiger partial charge in [0.05, 0.1) is 15.8 Å². The van der Waals surface area contributed by atoms with Crippen LogP contribution in [0.25, 0.3) is 21.9 Å². The fraction of sp³-hybridized carbons (Fsp3) is 0.273. The Labute approximate surface area is 157 Å². The van der Waals surface area contributed by atoms with E-state index in [4.69, 9.17) is 0 Å². The quantitative estimate of drug-likeness (QED) is 0.602. The van der Waals surface area contributed by atoms with Gasteiger partial charge in [0.25, 0.3) is 0 Å². The molecule has 0 amide bonds. The fourth-order valence-corrected chi connectivity index (χ4v) is 5.14. The van der Waals surface area contributed by atoms with Crippen LogP contribution >= 0.6 is 11.3 Å². The fourth-order valence-electron chi connectivity index (χ4n) is 4.21. The number of anilines is 1. The van der Waals surface area contributed by atoms with Crippen molar-refractivity contribution in [3.05, 3.63) is 58.1 Å². The summed E-state index contributed by atoms with van der Waals surface area (Å²) in [6.07, 6.45) is 6.75. The Morgan fingerprint density at radius 1 is 1.12 bits per heavy atom. The first-order valence-corrected chi connectivity index (χ1v) is 10.0. The Balaban J connectivity index is 1.59. The van der Waals surface area contributed by atoms with Crippen molar-refractivity contribution in [2.45, 2.75) is 25.7 Å². The minimum Gasteiger partial charge on any atom is -0.371 e. The van der Waals surface area contributed by atoms with Crippen LogP contribution in [-0.4, -0.2) is 18.1 Å². The van der Waals surface area contributed by atoms with Gasteiger partial charge in [0.2, 0.25) is 0 Å². The predicted octanol–water partition coefficient (Wildman–Crippen LogP) is 5.06. The molecule has 128 valence electrons. The third kappa shape index (κ3) is 2.60. The summed E-state index contributed by atoms with van der Waals surface area (Å²) < 4.78 is 1.12. The van der Waals surface area contributed by atoms with Crippen molar-refractivity contribution >= 4 is 38.9 Å². The molecule has 3 aromatic rings. The minimum atomic E-state index is 0.654. The molecule has 2 aromatic carbocycles. The summed E-state index contributed by atoms with van der Waals surface area (Å²) in [5.41, 5.74) is 7.12. The summed E-state index contributed by atoms with van der Waals surface area (Å²) in [4.78, 5) is 7.20. The van der Waals surface area contributed by atoms with Crippen molar-refractivity contribution in [1.82, 2.24) is 4.98 Å². The molecule has 26 heavy (non-hydrogen) atoms. The SMILES string of the molecule is N#C/C(=C\c1cc2c3c(c1)CCCN3CCC2)c1nc2ccccc2s1. The number of benzene rings is 2. The van der Waals surface area contributed by atoms with Crippen LogP contribution in [0, 0.1) is 11.3 Å². The zero-order chi connectivity index (χ0) is 17.5. The van der Waals surface area contributed by atoms with Gasteiger partial charge in [-0.1, -0.05) is 12.1 Å². The van der Waals surface area contributed by atoms with Gasteiger partial charge in [-0.2, -0.15) is 5.26 Å². The highest BCUT2D eigenvalue weighted by atomic mass is 32.1.